The van der Waals surface area contributed by atoms with E-state index in [-0.39, 0.29) is 4.90 Å². The molecule has 1 aliphatic rings. The van der Waals surface area contributed by atoms with E-state index in [1.807, 2.05) is 48.5 Å². The predicted molar refractivity (Wildman–Crippen MR) is 110 cm³/mol. The van der Waals surface area contributed by atoms with E-state index in [9.17, 15) is 8.42 Å². The molecule has 0 spiro atoms. The summed E-state index contributed by atoms with van der Waals surface area (Å²) in [5.41, 5.74) is 3.88. The minimum atomic E-state index is -3.25. The third kappa shape index (κ3) is 3.41. The van der Waals surface area contributed by atoms with Gasteiger partial charge in [0.2, 0.25) is 0 Å². The van der Waals surface area contributed by atoms with E-state index in [1.54, 1.807) is 31.4 Å². The molecule has 4 nitrogen and oxygen atoms in total. The molecule has 3 aromatic rings. The van der Waals surface area contributed by atoms with E-state index in [4.69, 9.17) is 9.47 Å². The van der Waals surface area contributed by atoms with Gasteiger partial charge >= 0.3 is 0 Å². The Hall–Kier alpha value is -3.05. The molecular weight excluding hydrogens is 372 g/mol. The number of hydrogen-bond acceptors (Lipinski definition) is 4. The van der Waals surface area contributed by atoms with Gasteiger partial charge in [0.15, 0.2) is 9.84 Å². The average Bonchev–Trinajstić information content (AvgIpc) is 2.72. The molecule has 0 saturated heterocycles. The highest BCUT2D eigenvalue weighted by Crippen LogP contribution is 2.41. The maximum Gasteiger partial charge on any atom is 0.175 e. The van der Waals surface area contributed by atoms with Crippen LogP contribution in [0, 0.1) is 0 Å². The fourth-order valence-corrected chi connectivity index (χ4v) is 4.02. The van der Waals surface area contributed by atoms with Gasteiger partial charge in [-0.15, -0.1) is 0 Å². The Morgan fingerprint density at radius 3 is 2.29 bits per heavy atom. The van der Waals surface area contributed by atoms with E-state index in [1.165, 1.54) is 6.26 Å². The number of ether oxygens (including phenoxy) is 2. The first-order valence-electron chi connectivity index (χ1n) is 8.90. The highest BCUT2D eigenvalue weighted by molar-refractivity contribution is 7.90. The largest absolute Gasteiger partial charge is 0.496 e. The Kier molecular flexibility index (Phi) is 4.69. The Morgan fingerprint density at radius 2 is 1.57 bits per heavy atom. The molecule has 4 rings (SSSR count). The van der Waals surface area contributed by atoms with Crippen LogP contribution >= 0.6 is 0 Å². The van der Waals surface area contributed by atoms with Crippen LogP contribution in [0.5, 0.6) is 11.5 Å². The van der Waals surface area contributed by atoms with Gasteiger partial charge < -0.3 is 9.47 Å². The molecular formula is C23H20O4S. The highest BCUT2D eigenvalue weighted by Gasteiger charge is 2.24. The van der Waals surface area contributed by atoms with Gasteiger partial charge in [-0.3, -0.25) is 0 Å². The minimum Gasteiger partial charge on any atom is -0.496 e. The van der Waals surface area contributed by atoms with Crippen LogP contribution in [-0.4, -0.2) is 21.8 Å². The van der Waals surface area contributed by atoms with Crippen molar-refractivity contribution in [1.29, 1.82) is 0 Å². The maximum atomic E-state index is 11.8. The molecule has 0 bridgehead atoms. The van der Waals surface area contributed by atoms with Gasteiger partial charge in [0.1, 0.15) is 17.3 Å². The number of para-hydroxylation sites is 2. The standard InChI is InChI=1S/C23H20O4S/c1-26-22-10-6-4-8-19(22)20-15-17-7-3-5-9-21(17)27-23(20)16-11-13-18(14-12-16)28(2,24)25/h3-14H,15H2,1-2H3. The van der Waals surface area contributed by atoms with Crippen molar-refractivity contribution in [3.63, 3.8) is 0 Å². The first-order chi connectivity index (χ1) is 13.5. The van der Waals surface area contributed by atoms with Gasteiger partial charge in [-0.05, 0) is 42.0 Å². The van der Waals surface area contributed by atoms with E-state index >= 15 is 0 Å². The molecule has 0 amide bonds. The predicted octanol–water partition coefficient (Wildman–Crippen LogP) is 4.60. The highest BCUT2D eigenvalue weighted by atomic mass is 32.2. The van der Waals surface area contributed by atoms with Gasteiger partial charge in [0, 0.05) is 29.4 Å². The minimum absolute atomic E-state index is 0.284. The molecule has 3 aromatic carbocycles. The summed E-state index contributed by atoms with van der Waals surface area (Å²) < 4.78 is 35.4. The van der Waals surface area contributed by atoms with Gasteiger partial charge in [0.05, 0.1) is 12.0 Å². The van der Waals surface area contributed by atoms with E-state index in [2.05, 4.69) is 0 Å². The smallest absolute Gasteiger partial charge is 0.175 e. The zero-order valence-corrected chi connectivity index (χ0v) is 16.5. The topological polar surface area (TPSA) is 52.6 Å². The molecule has 28 heavy (non-hydrogen) atoms. The van der Waals surface area contributed by atoms with Crippen molar-refractivity contribution in [3.05, 3.63) is 89.5 Å². The van der Waals surface area contributed by atoms with Gasteiger partial charge in [0.25, 0.3) is 0 Å². The second-order valence-corrected chi connectivity index (χ2v) is 8.71. The molecule has 0 aromatic heterocycles. The summed E-state index contributed by atoms with van der Waals surface area (Å²) in [7, 11) is -1.60. The summed E-state index contributed by atoms with van der Waals surface area (Å²) in [6, 6.07) is 22.6. The number of hydrogen-bond donors (Lipinski definition) is 0. The molecule has 142 valence electrons. The first kappa shape index (κ1) is 18.3. The van der Waals surface area contributed by atoms with Gasteiger partial charge in [-0.25, -0.2) is 8.42 Å². The molecule has 0 aliphatic carbocycles. The quantitative estimate of drug-likeness (QED) is 0.651. The van der Waals surface area contributed by atoms with E-state index < -0.39 is 9.84 Å². The van der Waals surface area contributed by atoms with Gasteiger partial charge in [-0.2, -0.15) is 0 Å². The van der Waals surface area contributed by atoms with Crippen LogP contribution in [0.1, 0.15) is 16.7 Å². The van der Waals surface area contributed by atoms with Crippen LogP contribution in [0.2, 0.25) is 0 Å². The lowest BCUT2D eigenvalue weighted by Gasteiger charge is -2.25. The fourth-order valence-electron chi connectivity index (χ4n) is 3.39. The van der Waals surface area contributed by atoms with Crippen molar-refractivity contribution in [3.8, 4) is 11.5 Å². The molecule has 0 N–H and O–H groups in total. The Bertz CT molecular complexity index is 1160. The lowest BCUT2D eigenvalue weighted by Crippen LogP contribution is -2.10. The van der Waals surface area contributed by atoms with Crippen molar-refractivity contribution < 1.29 is 17.9 Å². The molecule has 0 saturated carbocycles. The van der Waals surface area contributed by atoms with Crippen molar-refractivity contribution in [2.75, 3.05) is 13.4 Å². The Morgan fingerprint density at radius 1 is 0.893 bits per heavy atom. The molecule has 5 heteroatoms. The third-order valence-corrected chi connectivity index (χ3v) is 5.93. The second-order valence-electron chi connectivity index (χ2n) is 6.69. The average molecular weight is 392 g/mol. The number of methoxy groups -OCH3 is 1. The van der Waals surface area contributed by atoms with Crippen LogP contribution in [0.4, 0.5) is 0 Å². The number of allylic oxidation sites excluding steroid dienone is 1. The zero-order chi connectivity index (χ0) is 19.7. The van der Waals surface area contributed by atoms with E-state index in [0.29, 0.717) is 12.2 Å². The molecule has 1 aliphatic heterocycles. The van der Waals surface area contributed by atoms with Crippen LogP contribution in [0.3, 0.4) is 0 Å². The fraction of sp³-hybridized carbons (Fsp3) is 0.130. The number of sulfone groups is 1. The van der Waals surface area contributed by atoms with Crippen LogP contribution in [0.25, 0.3) is 11.3 Å². The molecule has 0 unspecified atom stereocenters. The SMILES string of the molecule is COc1ccccc1C1=C(c2ccc(S(C)(=O)=O)cc2)Oc2ccccc2C1. The molecule has 1 heterocycles. The second kappa shape index (κ2) is 7.17. The molecule has 0 atom stereocenters. The summed E-state index contributed by atoms with van der Waals surface area (Å²) >= 11 is 0. The van der Waals surface area contributed by atoms with Crippen LogP contribution in [-0.2, 0) is 16.3 Å². The Labute approximate surface area is 165 Å². The normalized spacial score (nSPS) is 13.6. The molecule has 0 fully saturated rings. The lowest BCUT2D eigenvalue weighted by atomic mass is 9.91. The van der Waals surface area contributed by atoms with Crippen molar-refractivity contribution in [2.45, 2.75) is 11.3 Å². The monoisotopic (exact) mass is 392 g/mol. The van der Waals surface area contributed by atoms with Crippen molar-refractivity contribution >= 4 is 21.2 Å². The van der Waals surface area contributed by atoms with Crippen molar-refractivity contribution in [1.82, 2.24) is 0 Å². The van der Waals surface area contributed by atoms with Crippen molar-refractivity contribution in [2.24, 2.45) is 0 Å². The van der Waals surface area contributed by atoms with Crippen LogP contribution in [0.15, 0.2) is 77.7 Å². The number of fused-ring (bicyclic) bond motifs is 1. The first-order valence-corrected chi connectivity index (χ1v) is 10.8. The summed E-state index contributed by atoms with van der Waals surface area (Å²) in [6.07, 6.45) is 1.90. The molecule has 0 radical (unpaired) electrons. The van der Waals surface area contributed by atoms with E-state index in [0.717, 1.165) is 33.8 Å². The summed E-state index contributed by atoms with van der Waals surface area (Å²) in [5.74, 6) is 2.29. The summed E-state index contributed by atoms with van der Waals surface area (Å²) in [4.78, 5) is 0.284. The zero-order valence-electron chi connectivity index (χ0n) is 15.7. The number of rotatable bonds is 4. The third-order valence-electron chi connectivity index (χ3n) is 4.80. The van der Waals surface area contributed by atoms with Crippen LogP contribution < -0.4 is 9.47 Å². The summed E-state index contributed by atoms with van der Waals surface area (Å²) in [5, 5.41) is 0. The summed E-state index contributed by atoms with van der Waals surface area (Å²) in [6.45, 7) is 0. The lowest BCUT2D eigenvalue weighted by molar-refractivity contribution is 0.413. The van der Waals surface area contributed by atoms with Gasteiger partial charge in [-0.1, -0.05) is 36.4 Å². The number of benzene rings is 3. The Balaban J connectivity index is 1.89. The maximum absolute atomic E-state index is 11.8.